The fraction of sp³-hybridized carbons (Fsp3) is 0.357. The molecule has 39 heavy (non-hydrogen) atoms. The summed E-state index contributed by atoms with van der Waals surface area (Å²) in [5.74, 6) is -1.87. The van der Waals surface area contributed by atoms with Crippen LogP contribution in [0.4, 0.5) is 10.5 Å². The summed E-state index contributed by atoms with van der Waals surface area (Å²) in [4.78, 5) is 70.0. The van der Waals surface area contributed by atoms with Gasteiger partial charge < -0.3 is 15.5 Å². The Hall–Kier alpha value is -3.92. The maximum atomic E-state index is 13.8. The molecule has 2 heterocycles. The number of anilines is 1. The summed E-state index contributed by atoms with van der Waals surface area (Å²) in [6, 6.07) is 15.5. The number of carbonyl (C=O) groups is 5. The minimum atomic E-state index is -1.23. The van der Waals surface area contributed by atoms with Crippen LogP contribution in [0.3, 0.4) is 0 Å². The van der Waals surface area contributed by atoms with Gasteiger partial charge in [0, 0.05) is 30.3 Å². The van der Waals surface area contributed by atoms with Crippen molar-refractivity contribution in [3.63, 3.8) is 0 Å². The molecule has 10 nitrogen and oxygen atoms in total. The number of rotatable bonds is 9. The molecule has 2 fully saturated rings. The van der Waals surface area contributed by atoms with Crippen molar-refractivity contribution in [2.24, 2.45) is 5.73 Å². The van der Waals surface area contributed by atoms with E-state index in [0.717, 1.165) is 10.5 Å². The van der Waals surface area contributed by atoms with E-state index in [1.54, 1.807) is 60.7 Å². The van der Waals surface area contributed by atoms with Crippen LogP contribution in [0.15, 0.2) is 54.6 Å². The Morgan fingerprint density at radius 3 is 2.26 bits per heavy atom. The summed E-state index contributed by atoms with van der Waals surface area (Å²) in [7, 11) is 0. The van der Waals surface area contributed by atoms with Crippen LogP contribution < -0.4 is 10.6 Å². The molecule has 2 aliphatic heterocycles. The van der Waals surface area contributed by atoms with E-state index in [0.29, 0.717) is 17.1 Å². The van der Waals surface area contributed by atoms with Gasteiger partial charge in [0.05, 0.1) is 13.0 Å². The highest BCUT2D eigenvalue weighted by atomic mass is 35.5. The summed E-state index contributed by atoms with van der Waals surface area (Å²) >= 11 is 5.93. The number of benzene rings is 2. The maximum absolute atomic E-state index is 13.8. The number of halogens is 1. The number of hydrogen-bond donors (Lipinski definition) is 1. The highest BCUT2D eigenvalue weighted by Crippen LogP contribution is 2.40. The van der Waals surface area contributed by atoms with E-state index < -0.39 is 35.8 Å². The summed E-state index contributed by atoms with van der Waals surface area (Å²) in [5, 5.41) is 0.621. The van der Waals surface area contributed by atoms with E-state index in [1.807, 2.05) is 12.1 Å². The van der Waals surface area contributed by atoms with Crippen LogP contribution in [0, 0.1) is 6.42 Å². The van der Waals surface area contributed by atoms with Gasteiger partial charge in [-0.1, -0.05) is 41.9 Å². The Bertz CT molecular complexity index is 1240. The number of hydrogen-bond acceptors (Lipinski definition) is 5. The van der Waals surface area contributed by atoms with Crippen LogP contribution in [-0.4, -0.2) is 82.6 Å². The molecule has 2 aromatic rings. The number of primary amides is 1. The zero-order chi connectivity index (χ0) is 28.2. The van der Waals surface area contributed by atoms with Gasteiger partial charge in [-0.3, -0.25) is 29.0 Å². The van der Waals surface area contributed by atoms with E-state index in [1.165, 1.54) is 9.80 Å². The Morgan fingerprint density at radius 1 is 1.03 bits per heavy atom. The van der Waals surface area contributed by atoms with Crippen molar-refractivity contribution >= 4 is 46.9 Å². The topological polar surface area (TPSA) is 124 Å². The normalized spacial score (nSPS) is 16.6. The molecule has 0 bridgehead atoms. The number of likely N-dealkylation sites (N-methyl/N-ethyl adjacent to an activating group) is 1. The molecule has 2 aromatic carbocycles. The molecule has 0 unspecified atom stereocenters. The van der Waals surface area contributed by atoms with Gasteiger partial charge in [0.25, 0.3) is 5.91 Å². The predicted molar refractivity (Wildman–Crippen MR) is 145 cm³/mol. The summed E-state index contributed by atoms with van der Waals surface area (Å²) in [6.07, 6.45) is 2.48. The van der Waals surface area contributed by atoms with Gasteiger partial charge >= 0.3 is 6.03 Å². The number of para-hydroxylation sites is 1. The van der Waals surface area contributed by atoms with Crippen LogP contribution >= 0.6 is 11.6 Å². The average Bonchev–Trinajstić information content (AvgIpc) is 3.12. The number of amides is 6. The van der Waals surface area contributed by atoms with Crippen molar-refractivity contribution in [3.05, 3.63) is 71.6 Å². The van der Waals surface area contributed by atoms with Gasteiger partial charge in [0.1, 0.15) is 12.1 Å². The second kappa shape index (κ2) is 11.9. The molecule has 0 saturated carbocycles. The lowest BCUT2D eigenvalue weighted by molar-refractivity contribution is -0.141. The van der Waals surface area contributed by atoms with E-state index in [-0.39, 0.29) is 44.9 Å². The molecule has 6 amide bonds. The summed E-state index contributed by atoms with van der Waals surface area (Å²) < 4.78 is 0. The number of piperidine rings is 1. The number of likely N-dealkylation sites (tertiary alicyclic amines) is 1. The van der Waals surface area contributed by atoms with Crippen molar-refractivity contribution in [3.8, 4) is 0 Å². The van der Waals surface area contributed by atoms with Gasteiger partial charge in [-0.05, 0) is 56.0 Å². The first-order valence-electron chi connectivity index (χ1n) is 12.8. The highest BCUT2D eigenvalue weighted by molar-refractivity contribution is 6.30. The van der Waals surface area contributed by atoms with Crippen LogP contribution in [0.1, 0.15) is 25.3 Å². The SMILES string of the molecule is CCN(CC(N)=O)C(=O)CN1C(=O)N(c2ccccc2)C2(CCN(C(=O)[CH]Cc3ccc(Cl)cc3)CC2)C1=O. The van der Waals surface area contributed by atoms with Crippen LogP contribution in [0.5, 0.6) is 0 Å². The molecule has 205 valence electrons. The van der Waals surface area contributed by atoms with Crippen molar-refractivity contribution in [2.45, 2.75) is 31.7 Å². The highest BCUT2D eigenvalue weighted by Gasteiger charge is 2.59. The van der Waals surface area contributed by atoms with Gasteiger partial charge in [-0.25, -0.2) is 4.79 Å². The monoisotopic (exact) mass is 552 g/mol. The second-order valence-corrected chi connectivity index (χ2v) is 10.0. The molecule has 0 aliphatic carbocycles. The average molecular weight is 553 g/mol. The minimum absolute atomic E-state index is 0.153. The smallest absolute Gasteiger partial charge is 0.332 e. The number of nitrogens with two attached hydrogens (primary N) is 1. The number of urea groups is 1. The van der Waals surface area contributed by atoms with Crippen molar-refractivity contribution in [2.75, 3.05) is 37.6 Å². The van der Waals surface area contributed by atoms with Crippen LogP contribution in [0.2, 0.25) is 5.02 Å². The number of nitrogens with zero attached hydrogens (tertiary/aromatic N) is 4. The molecule has 1 radical (unpaired) electrons. The molecular weight excluding hydrogens is 522 g/mol. The largest absolute Gasteiger partial charge is 0.368 e. The quantitative estimate of drug-likeness (QED) is 0.478. The minimum Gasteiger partial charge on any atom is -0.368 e. The molecule has 2 aliphatic rings. The maximum Gasteiger partial charge on any atom is 0.332 e. The third-order valence-electron chi connectivity index (χ3n) is 7.21. The molecule has 2 saturated heterocycles. The first-order valence-corrected chi connectivity index (χ1v) is 13.2. The Balaban J connectivity index is 1.51. The van der Waals surface area contributed by atoms with E-state index >= 15 is 0 Å². The third kappa shape index (κ3) is 5.90. The number of imide groups is 1. The molecule has 2 N–H and O–H groups in total. The van der Waals surface area contributed by atoms with Gasteiger partial charge in [0.2, 0.25) is 17.7 Å². The molecule has 11 heteroatoms. The van der Waals surface area contributed by atoms with Gasteiger partial charge in [0.15, 0.2) is 0 Å². The zero-order valence-electron chi connectivity index (χ0n) is 21.7. The lowest BCUT2D eigenvalue weighted by Crippen LogP contribution is -2.58. The molecule has 0 aromatic heterocycles. The molecular formula is C28H31ClN5O5. The second-order valence-electron chi connectivity index (χ2n) is 9.61. The first kappa shape index (κ1) is 28.1. The molecule has 1 spiro atoms. The third-order valence-corrected chi connectivity index (χ3v) is 7.46. The van der Waals surface area contributed by atoms with Crippen LogP contribution in [0.25, 0.3) is 0 Å². The lowest BCUT2D eigenvalue weighted by Gasteiger charge is -2.42. The Labute approximate surface area is 232 Å². The summed E-state index contributed by atoms with van der Waals surface area (Å²) in [6.45, 7) is 1.62. The van der Waals surface area contributed by atoms with Crippen LogP contribution in [-0.2, 0) is 25.6 Å². The summed E-state index contributed by atoms with van der Waals surface area (Å²) in [5.41, 5.74) is 5.50. The van der Waals surface area contributed by atoms with Crippen molar-refractivity contribution in [1.82, 2.24) is 14.7 Å². The molecule has 4 rings (SSSR count). The first-order chi connectivity index (χ1) is 18.7. The van der Waals surface area contributed by atoms with Gasteiger partial charge in [-0.2, -0.15) is 0 Å². The lowest BCUT2D eigenvalue weighted by atomic mass is 9.85. The predicted octanol–water partition coefficient (Wildman–Crippen LogP) is 2.25. The zero-order valence-corrected chi connectivity index (χ0v) is 22.5. The van der Waals surface area contributed by atoms with E-state index in [4.69, 9.17) is 17.3 Å². The Morgan fingerprint density at radius 2 is 1.67 bits per heavy atom. The number of carbonyl (C=O) groups excluding carboxylic acids is 5. The fourth-order valence-corrected chi connectivity index (χ4v) is 5.23. The standard InChI is InChI=1S/C28H31ClN5O5/c1-2-31(18-23(30)35)25(37)19-33-26(38)28(34(27(33)39)22-6-4-3-5-7-22)14-16-32(17-15-28)24(36)13-10-20-8-11-21(29)12-9-20/h3-9,11-13H,2,10,14-19H2,1H3,(H2,30,35). The molecule has 0 atom stereocenters. The van der Waals surface area contributed by atoms with E-state index in [9.17, 15) is 24.0 Å². The van der Waals surface area contributed by atoms with Gasteiger partial charge in [-0.15, -0.1) is 0 Å². The van der Waals surface area contributed by atoms with Crippen molar-refractivity contribution in [1.29, 1.82) is 0 Å². The Kier molecular flexibility index (Phi) is 8.54. The van der Waals surface area contributed by atoms with Crippen molar-refractivity contribution < 1.29 is 24.0 Å². The van der Waals surface area contributed by atoms with E-state index in [2.05, 4.69) is 0 Å². The fourth-order valence-electron chi connectivity index (χ4n) is 5.10.